The van der Waals surface area contributed by atoms with Gasteiger partial charge < -0.3 is 15.0 Å². The molecular weight excluding hydrogens is 549 g/mol. The molecule has 0 aliphatic rings. The van der Waals surface area contributed by atoms with Crippen molar-refractivity contribution in [3.63, 3.8) is 0 Å². The summed E-state index contributed by atoms with van der Waals surface area (Å²) in [4.78, 5) is 16.1. The fourth-order valence-electron chi connectivity index (χ4n) is 4.16. The number of H-pyrrole nitrogens is 1. The average molecular weight is 575 g/mol. The Morgan fingerprint density at radius 3 is 2.50 bits per heavy atom. The fraction of sp³-hybridized carbons (Fsp3) is 0.172. The highest BCUT2D eigenvalue weighted by atomic mass is 35.5. The molecular formula is C29H26Cl2N7O2. The first kappa shape index (κ1) is 27.4. The van der Waals surface area contributed by atoms with E-state index in [1.165, 1.54) is 0 Å². The lowest BCUT2D eigenvalue weighted by atomic mass is 10.1. The molecule has 0 aliphatic heterocycles. The van der Waals surface area contributed by atoms with Gasteiger partial charge >= 0.3 is 0 Å². The van der Waals surface area contributed by atoms with E-state index in [0.29, 0.717) is 48.3 Å². The van der Waals surface area contributed by atoms with Crippen LogP contribution in [0.2, 0.25) is 10.0 Å². The number of hydrogen-bond donors (Lipinski definition) is 2. The first-order chi connectivity index (χ1) is 19.4. The van der Waals surface area contributed by atoms with Crippen molar-refractivity contribution in [2.24, 2.45) is 5.73 Å². The Kier molecular flexibility index (Phi) is 8.73. The van der Waals surface area contributed by atoms with E-state index < -0.39 is 0 Å². The smallest absolute Gasteiger partial charge is 0.217 e. The van der Waals surface area contributed by atoms with Crippen LogP contribution in [0.3, 0.4) is 0 Å². The van der Waals surface area contributed by atoms with Gasteiger partial charge in [0, 0.05) is 41.7 Å². The molecule has 0 spiro atoms. The predicted octanol–water partition coefficient (Wildman–Crippen LogP) is 5.68. The van der Waals surface area contributed by atoms with Crippen molar-refractivity contribution in [2.75, 3.05) is 0 Å². The van der Waals surface area contributed by atoms with E-state index >= 15 is 0 Å². The summed E-state index contributed by atoms with van der Waals surface area (Å²) >= 11 is 12.5. The van der Waals surface area contributed by atoms with Gasteiger partial charge in [-0.25, -0.2) is 10.1 Å². The van der Waals surface area contributed by atoms with Gasteiger partial charge in [0.25, 0.3) is 0 Å². The van der Waals surface area contributed by atoms with E-state index in [1.54, 1.807) is 12.1 Å². The van der Waals surface area contributed by atoms with Gasteiger partial charge in [0.15, 0.2) is 5.82 Å². The number of nitrogens with zero attached hydrogens (tertiary/aromatic N) is 5. The summed E-state index contributed by atoms with van der Waals surface area (Å²) in [5.41, 5.74) is 9.91. The molecule has 0 atom stereocenters. The molecule has 2 aromatic heterocycles. The van der Waals surface area contributed by atoms with Crippen LogP contribution in [0.4, 0.5) is 0 Å². The number of aromatic amines is 1. The van der Waals surface area contributed by atoms with Gasteiger partial charge in [-0.05, 0) is 64.7 Å². The molecule has 5 rings (SSSR count). The van der Waals surface area contributed by atoms with E-state index in [2.05, 4.69) is 27.0 Å². The number of hydrogen-bond acceptors (Lipinski definition) is 6. The summed E-state index contributed by atoms with van der Waals surface area (Å²) in [6.45, 7) is 1.05. The molecule has 0 unspecified atom stereocenters. The maximum Gasteiger partial charge on any atom is 0.217 e. The van der Waals surface area contributed by atoms with Gasteiger partial charge in [0.1, 0.15) is 18.2 Å². The Hall–Kier alpha value is -4.21. The maximum atomic E-state index is 11.2. The van der Waals surface area contributed by atoms with Crippen LogP contribution < -0.4 is 10.5 Å². The summed E-state index contributed by atoms with van der Waals surface area (Å²) in [5, 5.41) is 15.0. The van der Waals surface area contributed by atoms with Crippen LogP contribution in [0.5, 0.6) is 5.75 Å². The van der Waals surface area contributed by atoms with Crippen molar-refractivity contribution in [2.45, 2.75) is 32.4 Å². The lowest BCUT2D eigenvalue weighted by Crippen LogP contribution is -2.12. The Morgan fingerprint density at radius 1 is 1.02 bits per heavy atom. The predicted molar refractivity (Wildman–Crippen MR) is 154 cm³/mol. The topological polar surface area (TPSA) is 125 Å². The van der Waals surface area contributed by atoms with E-state index in [1.807, 2.05) is 65.4 Å². The number of primary amides is 1. The number of tetrazole rings is 1. The number of aromatic nitrogens is 6. The molecule has 11 heteroatoms. The van der Waals surface area contributed by atoms with Crippen LogP contribution in [0.1, 0.15) is 29.8 Å². The first-order valence-electron chi connectivity index (χ1n) is 12.6. The molecule has 0 bridgehead atoms. The zero-order chi connectivity index (χ0) is 27.9. The minimum absolute atomic E-state index is 0.305. The highest BCUT2D eigenvalue weighted by Crippen LogP contribution is 2.30. The average Bonchev–Trinajstić information content (AvgIpc) is 3.62. The normalized spacial score (nSPS) is 11.1. The lowest BCUT2D eigenvalue weighted by Gasteiger charge is -2.09. The molecule has 1 radical (unpaired) electrons. The first-order valence-corrected chi connectivity index (χ1v) is 13.4. The van der Waals surface area contributed by atoms with Crippen molar-refractivity contribution in [1.82, 2.24) is 30.2 Å². The zero-order valence-electron chi connectivity index (χ0n) is 21.4. The van der Waals surface area contributed by atoms with E-state index in [9.17, 15) is 4.79 Å². The highest BCUT2D eigenvalue weighted by Gasteiger charge is 2.14. The standard InChI is InChI=1S/C29H26Cl2N7O2/c30-22-10-13-24(25(31)16-22)26-17-38(15-1-2-27(32)39)28(33-26)14-7-19-5-11-23(12-6-19)40-18-20-3-8-21(9-4-20)29-34-36-37-35-29/h3-6,8-14,16-17H,1-2,7,15,18H2,(H2,32,39)(H,34,35,36,37). The number of amides is 1. The Balaban J connectivity index is 1.21. The molecule has 1 amide bonds. The monoisotopic (exact) mass is 574 g/mol. The SMILES string of the molecule is NC(=O)CCCn1cc(-c2ccc(Cl)cc2Cl)nc1[CH]Cc1ccc(OCc2ccc(-c3nnn[nH]3)cc2)cc1. The number of halogens is 2. The largest absolute Gasteiger partial charge is 0.489 e. The minimum Gasteiger partial charge on any atom is -0.489 e. The number of carbonyl (C=O) groups is 1. The van der Waals surface area contributed by atoms with Gasteiger partial charge in [-0.3, -0.25) is 4.79 Å². The van der Waals surface area contributed by atoms with Gasteiger partial charge in [-0.1, -0.05) is 59.6 Å². The molecule has 9 nitrogen and oxygen atoms in total. The molecule has 0 aliphatic carbocycles. The Bertz CT molecular complexity index is 1570. The second kappa shape index (κ2) is 12.8. The number of benzene rings is 3. The van der Waals surface area contributed by atoms with Crippen LogP contribution >= 0.6 is 23.2 Å². The van der Waals surface area contributed by atoms with Crippen LogP contribution in [-0.4, -0.2) is 36.1 Å². The second-order valence-corrected chi connectivity index (χ2v) is 10.0. The third-order valence-electron chi connectivity index (χ3n) is 6.26. The molecule has 0 saturated heterocycles. The highest BCUT2D eigenvalue weighted by molar-refractivity contribution is 6.36. The zero-order valence-corrected chi connectivity index (χ0v) is 22.9. The molecule has 3 N–H and O–H groups in total. The van der Waals surface area contributed by atoms with Crippen molar-refractivity contribution in [3.8, 4) is 28.4 Å². The van der Waals surface area contributed by atoms with E-state index in [-0.39, 0.29) is 5.91 Å². The molecule has 40 heavy (non-hydrogen) atoms. The van der Waals surface area contributed by atoms with Crippen molar-refractivity contribution in [3.05, 3.63) is 106 Å². The van der Waals surface area contributed by atoms with Crippen LogP contribution in [0, 0.1) is 6.42 Å². The van der Waals surface area contributed by atoms with Gasteiger partial charge in [0.05, 0.1) is 10.7 Å². The third-order valence-corrected chi connectivity index (χ3v) is 6.81. The van der Waals surface area contributed by atoms with Crippen molar-refractivity contribution < 1.29 is 9.53 Å². The van der Waals surface area contributed by atoms with Gasteiger partial charge in [-0.2, -0.15) is 0 Å². The minimum atomic E-state index is -0.324. The quantitative estimate of drug-likeness (QED) is 0.197. The number of nitrogens with two attached hydrogens (primary N) is 1. The molecule has 0 fully saturated rings. The third kappa shape index (κ3) is 7.05. The van der Waals surface area contributed by atoms with Crippen LogP contribution in [0.25, 0.3) is 22.6 Å². The summed E-state index contributed by atoms with van der Waals surface area (Å²) < 4.78 is 7.98. The second-order valence-electron chi connectivity index (χ2n) is 9.16. The molecule has 203 valence electrons. The number of imidazole rings is 1. The summed E-state index contributed by atoms with van der Waals surface area (Å²) in [6, 6.07) is 21.2. The number of ether oxygens (including phenoxy) is 1. The van der Waals surface area contributed by atoms with Crippen LogP contribution in [-0.2, 0) is 24.4 Å². The molecule has 3 aromatic carbocycles. The Labute approximate surface area is 241 Å². The lowest BCUT2D eigenvalue weighted by molar-refractivity contribution is -0.118. The number of aryl methyl sites for hydroxylation is 1. The fourth-order valence-corrected chi connectivity index (χ4v) is 4.67. The molecule has 0 saturated carbocycles. The maximum absolute atomic E-state index is 11.2. The summed E-state index contributed by atoms with van der Waals surface area (Å²) in [7, 11) is 0. The van der Waals surface area contributed by atoms with Crippen molar-refractivity contribution >= 4 is 29.1 Å². The van der Waals surface area contributed by atoms with Crippen LogP contribution in [0.15, 0.2) is 72.9 Å². The molecule has 5 aromatic rings. The van der Waals surface area contributed by atoms with Crippen molar-refractivity contribution in [1.29, 1.82) is 0 Å². The number of nitrogens with one attached hydrogen (secondary N) is 1. The summed E-state index contributed by atoms with van der Waals surface area (Å²) in [6.07, 6.45) is 5.58. The van der Waals surface area contributed by atoms with E-state index in [0.717, 1.165) is 39.5 Å². The van der Waals surface area contributed by atoms with E-state index in [4.69, 9.17) is 38.7 Å². The summed E-state index contributed by atoms with van der Waals surface area (Å²) in [5.74, 6) is 1.86. The van der Waals surface area contributed by atoms with Gasteiger partial charge in [-0.15, -0.1) is 5.10 Å². The number of rotatable bonds is 12. The Morgan fingerprint density at radius 2 is 1.80 bits per heavy atom. The van der Waals surface area contributed by atoms with Gasteiger partial charge in [0.2, 0.25) is 5.91 Å². The number of carbonyl (C=O) groups excluding carboxylic acids is 1. The molecule has 2 heterocycles.